The number of hydrogen-bond donors (Lipinski definition) is 1. The summed E-state index contributed by atoms with van der Waals surface area (Å²) in [7, 11) is 0. The Hall–Kier alpha value is -2.71. The lowest BCUT2D eigenvalue weighted by Crippen LogP contribution is -2.39. The van der Waals surface area contributed by atoms with Crippen molar-refractivity contribution in [3.63, 3.8) is 0 Å². The number of rotatable bonds is 11. The quantitative estimate of drug-likeness (QED) is 0.440. The third-order valence-corrected chi connectivity index (χ3v) is 5.51. The maximum Gasteiger partial charge on any atom is 0.145 e. The number of furan rings is 1. The summed E-state index contributed by atoms with van der Waals surface area (Å²) in [6.07, 6.45) is 1.31. The van der Waals surface area contributed by atoms with E-state index in [1.165, 1.54) is 12.1 Å². The van der Waals surface area contributed by atoms with E-state index in [1.807, 2.05) is 30.3 Å². The molecule has 3 aromatic rings. The van der Waals surface area contributed by atoms with Crippen LogP contribution in [0.4, 0.5) is 4.39 Å². The molecule has 174 valence electrons. The van der Waals surface area contributed by atoms with E-state index in [4.69, 9.17) is 25.6 Å². The molecule has 0 bridgehead atoms. The molecule has 1 N–H and O–H groups in total. The highest BCUT2D eigenvalue weighted by molar-refractivity contribution is 6.30. The maximum absolute atomic E-state index is 13.2. The minimum Gasteiger partial charge on any atom is -0.467 e. The molecule has 0 spiro atoms. The zero-order chi connectivity index (χ0) is 23.0. The fraction of sp³-hybridized carbons (Fsp3) is 0.320. The molecular weight excluding hydrogens is 447 g/mol. The molecule has 6 nitrogen and oxygen atoms in total. The van der Waals surface area contributed by atoms with Crippen LogP contribution in [0.1, 0.15) is 23.3 Å². The van der Waals surface area contributed by atoms with E-state index in [-0.39, 0.29) is 18.5 Å². The Balaban J connectivity index is 1.34. The highest BCUT2D eigenvalue weighted by Crippen LogP contribution is 2.20. The van der Waals surface area contributed by atoms with Gasteiger partial charge in [0.05, 0.1) is 24.7 Å². The summed E-state index contributed by atoms with van der Waals surface area (Å²) in [6, 6.07) is 17.5. The lowest BCUT2D eigenvalue weighted by molar-refractivity contribution is -0.00955. The smallest absolute Gasteiger partial charge is 0.145 e. The van der Waals surface area contributed by atoms with E-state index >= 15 is 0 Å². The minimum absolute atomic E-state index is 0.176. The van der Waals surface area contributed by atoms with Crippen molar-refractivity contribution in [1.82, 2.24) is 4.90 Å². The molecular formula is C25H26ClFN2O4. The van der Waals surface area contributed by atoms with E-state index in [0.29, 0.717) is 43.4 Å². The monoisotopic (exact) mass is 472 g/mol. The van der Waals surface area contributed by atoms with E-state index in [0.717, 1.165) is 16.8 Å². The van der Waals surface area contributed by atoms with E-state index in [2.05, 4.69) is 10.1 Å². The fourth-order valence-electron chi connectivity index (χ4n) is 3.77. The average Bonchev–Trinajstić information content (AvgIpc) is 3.47. The standard InChI is InChI=1S/C25H26ClFN2O4/c26-20-4-1-3-18(11-20)13-29(14-22(30)16-31-17-23-5-2-10-32-23)15-24-12-25(28-33-24)19-6-8-21(27)9-7-19/h1-11,22,24,30H,12-17H2. The lowest BCUT2D eigenvalue weighted by Gasteiger charge is -2.27. The summed E-state index contributed by atoms with van der Waals surface area (Å²) in [5.74, 6) is 0.425. The van der Waals surface area contributed by atoms with Crippen LogP contribution in [0.5, 0.6) is 0 Å². The van der Waals surface area contributed by atoms with Crippen LogP contribution in [-0.4, -0.2) is 47.6 Å². The molecule has 2 heterocycles. The molecule has 0 radical (unpaired) electrons. The predicted molar refractivity (Wildman–Crippen MR) is 124 cm³/mol. The molecule has 2 atom stereocenters. The minimum atomic E-state index is -0.696. The van der Waals surface area contributed by atoms with Gasteiger partial charge in [0.1, 0.15) is 24.3 Å². The first-order chi connectivity index (χ1) is 16.0. The Morgan fingerprint density at radius 1 is 1.18 bits per heavy atom. The zero-order valence-electron chi connectivity index (χ0n) is 18.1. The Morgan fingerprint density at radius 2 is 2.03 bits per heavy atom. The van der Waals surface area contributed by atoms with Gasteiger partial charge >= 0.3 is 0 Å². The Bertz CT molecular complexity index is 1040. The van der Waals surface area contributed by atoms with Crippen LogP contribution in [0.25, 0.3) is 0 Å². The number of benzene rings is 2. The van der Waals surface area contributed by atoms with Gasteiger partial charge in [-0.3, -0.25) is 4.90 Å². The molecule has 0 fully saturated rings. The van der Waals surface area contributed by atoms with Gasteiger partial charge in [0.2, 0.25) is 0 Å². The number of ether oxygens (including phenoxy) is 1. The summed E-state index contributed by atoms with van der Waals surface area (Å²) in [5.41, 5.74) is 2.65. The van der Waals surface area contributed by atoms with Gasteiger partial charge in [0.25, 0.3) is 0 Å². The summed E-state index contributed by atoms with van der Waals surface area (Å²) >= 11 is 6.15. The normalized spacial score (nSPS) is 16.6. The van der Waals surface area contributed by atoms with Crippen LogP contribution >= 0.6 is 11.6 Å². The predicted octanol–water partition coefficient (Wildman–Crippen LogP) is 4.65. The molecule has 33 heavy (non-hydrogen) atoms. The zero-order valence-corrected chi connectivity index (χ0v) is 18.8. The average molecular weight is 473 g/mol. The molecule has 0 aliphatic carbocycles. The van der Waals surface area contributed by atoms with Crippen LogP contribution in [-0.2, 0) is 22.7 Å². The van der Waals surface area contributed by atoms with Gasteiger partial charge in [0.15, 0.2) is 0 Å². The van der Waals surface area contributed by atoms with E-state index in [9.17, 15) is 9.50 Å². The van der Waals surface area contributed by atoms with Gasteiger partial charge in [-0.15, -0.1) is 0 Å². The first kappa shape index (κ1) is 23.4. The van der Waals surface area contributed by atoms with Gasteiger partial charge in [-0.2, -0.15) is 0 Å². The third kappa shape index (κ3) is 7.14. The summed E-state index contributed by atoms with van der Waals surface area (Å²) in [6.45, 7) is 2.00. The number of nitrogens with zero attached hydrogens (tertiary/aromatic N) is 2. The van der Waals surface area contributed by atoms with Crippen LogP contribution in [0, 0.1) is 5.82 Å². The molecule has 2 aromatic carbocycles. The van der Waals surface area contributed by atoms with Crippen molar-refractivity contribution in [2.24, 2.45) is 5.16 Å². The van der Waals surface area contributed by atoms with Crippen LogP contribution in [0.3, 0.4) is 0 Å². The summed E-state index contributed by atoms with van der Waals surface area (Å²) < 4.78 is 24.1. The Kier molecular flexibility index (Phi) is 8.12. The second kappa shape index (κ2) is 11.4. The molecule has 4 rings (SSSR count). The van der Waals surface area contributed by atoms with Crippen LogP contribution in [0.2, 0.25) is 5.02 Å². The Labute approximate surface area is 197 Å². The third-order valence-electron chi connectivity index (χ3n) is 5.27. The molecule has 1 aromatic heterocycles. The lowest BCUT2D eigenvalue weighted by atomic mass is 10.0. The second-order valence-electron chi connectivity index (χ2n) is 8.05. The number of oxime groups is 1. The molecule has 0 saturated heterocycles. The Morgan fingerprint density at radius 3 is 2.79 bits per heavy atom. The van der Waals surface area contributed by atoms with Crippen molar-refractivity contribution in [2.45, 2.75) is 31.8 Å². The first-order valence-corrected chi connectivity index (χ1v) is 11.2. The van der Waals surface area contributed by atoms with Crippen LogP contribution < -0.4 is 0 Å². The molecule has 1 aliphatic rings. The van der Waals surface area contributed by atoms with Gasteiger partial charge in [-0.05, 0) is 47.5 Å². The van der Waals surface area contributed by atoms with Gasteiger partial charge in [-0.1, -0.05) is 41.0 Å². The highest BCUT2D eigenvalue weighted by Gasteiger charge is 2.26. The topological polar surface area (TPSA) is 67.4 Å². The molecule has 0 saturated carbocycles. The van der Waals surface area contributed by atoms with Crippen molar-refractivity contribution in [3.8, 4) is 0 Å². The second-order valence-corrected chi connectivity index (χ2v) is 8.49. The highest BCUT2D eigenvalue weighted by atomic mass is 35.5. The van der Waals surface area contributed by atoms with Crippen LogP contribution in [0.15, 0.2) is 76.5 Å². The van der Waals surface area contributed by atoms with Crippen molar-refractivity contribution in [3.05, 3.63) is 94.7 Å². The summed E-state index contributed by atoms with van der Waals surface area (Å²) in [4.78, 5) is 7.75. The summed E-state index contributed by atoms with van der Waals surface area (Å²) in [5, 5.41) is 15.4. The number of halogens is 2. The largest absolute Gasteiger partial charge is 0.467 e. The van der Waals surface area contributed by atoms with Crippen molar-refractivity contribution in [2.75, 3.05) is 19.7 Å². The van der Waals surface area contributed by atoms with Gasteiger partial charge in [-0.25, -0.2) is 4.39 Å². The van der Waals surface area contributed by atoms with E-state index in [1.54, 1.807) is 24.5 Å². The van der Waals surface area contributed by atoms with Crippen molar-refractivity contribution < 1.29 is 23.5 Å². The maximum atomic E-state index is 13.2. The number of aliphatic hydroxyl groups is 1. The van der Waals surface area contributed by atoms with Gasteiger partial charge < -0.3 is 19.1 Å². The molecule has 8 heteroatoms. The van der Waals surface area contributed by atoms with Gasteiger partial charge in [0, 0.05) is 31.1 Å². The fourth-order valence-corrected chi connectivity index (χ4v) is 3.98. The number of aliphatic hydroxyl groups excluding tert-OH is 1. The van der Waals surface area contributed by atoms with E-state index < -0.39 is 6.10 Å². The number of hydrogen-bond acceptors (Lipinski definition) is 6. The van der Waals surface area contributed by atoms with Crippen molar-refractivity contribution >= 4 is 17.3 Å². The molecule has 0 amide bonds. The SMILES string of the molecule is OC(COCc1ccco1)CN(Cc1cccc(Cl)c1)CC1CC(c2ccc(F)cc2)=NO1. The van der Waals surface area contributed by atoms with Crippen molar-refractivity contribution in [1.29, 1.82) is 0 Å². The molecule has 1 aliphatic heterocycles. The first-order valence-electron chi connectivity index (χ1n) is 10.8. The molecule has 2 unspecified atom stereocenters.